The van der Waals surface area contributed by atoms with E-state index in [0.29, 0.717) is 12.4 Å². The van der Waals surface area contributed by atoms with Gasteiger partial charge < -0.3 is 11.5 Å². The Morgan fingerprint density at radius 1 is 1.36 bits per heavy atom. The van der Waals surface area contributed by atoms with Crippen molar-refractivity contribution in [2.75, 3.05) is 5.73 Å². The summed E-state index contributed by atoms with van der Waals surface area (Å²) in [6.07, 6.45) is 2.53. The molecule has 0 aliphatic carbocycles. The molecule has 0 saturated heterocycles. The van der Waals surface area contributed by atoms with Crippen LogP contribution in [0.15, 0.2) is 6.20 Å². The molecule has 0 unspecified atom stereocenters. The van der Waals surface area contributed by atoms with Gasteiger partial charge in [-0.1, -0.05) is 20.8 Å². The van der Waals surface area contributed by atoms with Crippen LogP contribution in [0, 0.1) is 5.41 Å². The lowest BCUT2D eigenvalue weighted by atomic mass is 9.92. The fraction of sp³-hybridized carbons (Fsp3) is 0.600. The Kier molecular flexibility index (Phi) is 3.06. The summed E-state index contributed by atoms with van der Waals surface area (Å²) in [4.78, 5) is 8.44. The first kappa shape index (κ1) is 10.9. The molecule has 1 aromatic heterocycles. The van der Waals surface area contributed by atoms with Crippen LogP contribution < -0.4 is 11.5 Å². The van der Waals surface area contributed by atoms with Crippen LogP contribution in [-0.2, 0) is 13.0 Å². The van der Waals surface area contributed by atoms with Gasteiger partial charge in [-0.2, -0.15) is 0 Å². The first-order valence-electron chi connectivity index (χ1n) is 4.73. The molecule has 0 atom stereocenters. The van der Waals surface area contributed by atoms with Gasteiger partial charge in [0.2, 0.25) is 0 Å². The van der Waals surface area contributed by atoms with Gasteiger partial charge in [0.1, 0.15) is 11.6 Å². The molecule has 0 bridgehead atoms. The van der Waals surface area contributed by atoms with E-state index >= 15 is 0 Å². The first-order chi connectivity index (χ1) is 6.42. The Balaban J connectivity index is 2.87. The van der Waals surface area contributed by atoms with Crippen molar-refractivity contribution in [3.63, 3.8) is 0 Å². The van der Waals surface area contributed by atoms with Crippen LogP contribution in [0.4, 0.5) is 5.82 Å². The number of nitrogens with zero attached hydrogens (tertiary/aromatic N) is 2. The second-order valence-corrected chi connectivity index (χ2v) is 4.64. The summed E-state index contributed by atoms with van der Waals surface area (Å²) < 4.78 is 0. The van der Waals surface area contributed by atoms with E-state index in [1.807, 2.05) is 0 Å². The molecule has 1 rings (SSSR count). The summed E-state index contributed by atoms with van der Waals surface area (Å²) in [5, 5.41) is 0. The van der Waals surface area contributed by atoms with E-state index in [2.05, 4.69) is 30.7 Å². The van der Waals surface area contributed by atoms with E-state index in [0.717, 1.165) is 17.8 Å². The topological polar surface area (TPSA) is 77.8 Å². The molecule has 1 aromatic rings. The van der Waals surface area contributed by atoms with Gasteiger partial charge in [-0.05, 0) is 5.41 Å². The van der Waals surface area contributed by atoms with Crippen molar-refractivity contribution in [2.45, 2.75) is 33.7 Å². The van der Waals surface area contributed by atoms with Crippen molar-refractivity contribution in [1.29, 1.82) is 0 Å². The molecule has 1 heterocycles. The van der Waals surface area contributed by atoms with E-state index in [1.54, 1.807) is 6.20 Å². The standard InChI is InChI=1S/C10H18N4/c1-10(2,3)4-8-13-6-7(5-11)9(12)14-8/h6H,4-5,11H2,1-3H3,(H2,12,13,14). The van der Waals surface area contributed by atoms with Gasteiger partial charge in [0.15, 0.2) is 0 Å². The van der Waals surface area contributed by atoms with Gasteiger partial charge >= 0.3 is 0 Å². The fourth-order valence-corrected chi connectivity index (χ4v) is 1.18. The normalized spacial score (nSPS) is 11.7. The SMILES string of the molecule is CC(C)(C)Cc1ncc(CN)c(N)n1. The monoisotopic (exact) mass is 194 g/mol. The Labute approximate surface area is 84.7 Å². The molecule has 0 fully saturated rings. The highest BCUT2D eigenvalue weighted by Crippen LogP contribution is 2.19. The van der Waals surface area contributed by atoms with Crippen LogP contribution in [0.25, 0.3) is 0 Å². The molecule has 0 aliphatic rings. The Bertz CT molecular complexity index is 314. The smallest absolute Gasteiger partial charge is 0.131 e. The van der Waals surface area contributed by atoms with Gasteiger partial charge in [0.25, 0.3) is 0 Å². The van der Waals surface area contributed by atoms with Crippen LogP contribution >= 0.6 is 0 Å². The molecule has 0 amide bonds. The zero-order valence-corrected chi connectivity index (χ0v) is 9.04. The van der Waals surface area contributed by atoms with Crippen molar-refractivity contribution in [2.24, 2.45) is 11.1 Å². The maximum Gasteiger partial charge on any atom is 0.131 e. The third-order valence-corrected chi connectivity index (χ3v) is 1.86. The van der Waals surface area contributed by atoms with Gasteiger partial charge in [-0.3, -0.25) is 0 Å². The lowest BCUT2D eigenvalue weighted by Gasteiger charge is -2.16. The number of rotatable bonds is 2. The number of anilines is 1. The summed E-state index contributed by atoms with van der Waals surface area (Å²) in [7, 11) is 0. The number of aromatic nitrogens is 2. The first-order valence-corrected chi connectivity index (χ1v) is 4.73. The molecule has 4 nitrogen and oxygen atoms in total. The quantitative estimate of drug-likeness (QED) is 0.739. The summed E-state index contributed by atoms with van der Waals surface area (Å²) in [5.41, 5.74) is 12.2. The lowest BCUT2D eigenvalue weighted by molar-refractivity contribution is 0.400. The van der Waals surface area contributed by atoms with Crippen LogP contribution in [0.2, 0.25) is 0 Å². The molecule has 4 heteroatoms. The minimum absolute atomic E-state index is 0.177. The fourth-order valence-electron chi connectivity index (χ4n) is 1.18. The summed E-state index contributed by atoms with van der Waals surface area (Å²) in [6, 6.07) is 0. The van der Waals surface area contributed by atoms with E-state index < -0.39 is 0 Å². The van der Waals surface area contributed by atoms with E-state index in [9.17, 15) is 0 Å². The van der Waals surface area contributed by atoms with Crippen molar-refractivity contribution in [1.82, 2.24) is 9.97 Å². The molecule has 0 saturated carbocycles. The molecule has 14 heavy (non-hydrogen) atoms. The average molecular weight is 194 g/mol. The van der Waals surface area contributed by atoms with Crippen molar-refractivity contribution >= 4 is 5.82 Å². The minimum Gasteiger partial charge on any atom is -0.383 e. The number of nitrogens with two attached hydrogens (primary N) is 2. The van der Waals surface area contributed by atoms with Gasteiger partial charge in [0.05, 0.1) is 0 Å². The molecule has 0 aromatic carbocycles. The zero-order valence-electron chi connectivity index (χ0n) is 9.04. The summed E-state index contributed by atoms with van der Waals surface area (Å²) in [5.74, 6) is 1.29. The van der Waals surface area contributed by atoms with Crippen LogP contribution in [0.3, 0.4) is 0 Å². The summed E-state index contributed by atoms with van der Waals surface area (Å²) >= 11 is 0. The van der Waals surface area contributed by atoms with Gasteiger partial charge in [-0.15, -0.1) is 0 Å². The maximum absolute atomic E-state index is 5.72. The Morgan fingerprint density at radius 2 is 2.00 bits per heavy atom. The minimum atomic E-state index is 0.177. The molecule has 0 radical (unpaired) electrons. The zero-order chi connectivity index (χ0) is 10.8. The molecule has 78 valence electrons. The third-order valence-electron chi connectivity index (χ3n) is 1.86. The number of nitrogen functional groups attached to an aromatic ring is 1. The number of hydrogen-bond donors (Lipinski definition) is 2. The lowest BCUT2D eigenvalue weighted by Crippen LogP contribution is -2.14. The average Bonchev–Trinajstić information content (AvgIpc) is 2.01. The molecular formula is C10H18N4. The highest BCUT2D eigenvalue weighted by Gasteiger charge is 2.14. The Hall–Kier alpha value is -1.16. The van der Waals surface area contributed by atoms with Gasteiger partial charge in [-0.25, -0.2) is 9.97 Å². The van der Waals surface area contributed by atoms with Crippen molar-refractivity contribution in [3.8, 4) is 0 Å². The molecule has 0 spiro atoms. The highest BCUT2D eigenvalue weighted by atomic mass is 14.9. The summed E-state index contributed by atoms with van der Waals surface area (Å²) in [6.45, 7) is 6.82. The predicted octanol–water partition coefficient (Wildman–Crippen LogP) is 1.11. The van der Waals surface area contributed by atoms with Crippen molar-refractivity contribution < 1.29 is 0 Å². The van der Waals surface area contributed by atoms with Crippen LogP contribution in [0.1, 0.15) is 32.2 Å². The third kappa shape index (κ3) is 2.96. The van der Waals surface area contributed by atoms with Crippen molar-refractivity contribution in [3.05, 3.63) is 17.6 Å². The van der Waals surface area contributed by atoms with Crippen LogP contribution in [-0.4, -0.2) is 9.97 Å². The molecule has 0 aliphatic heterocycles. The molecular weight excluding hydrogens is 176 g/mol. The van der Waals surface area contributed by atoms with E-state index in [-0.39, 0.29) is 5.41 Å². The second-order valence-electron chi connectivity index (χ2n) is 4.64. The predicted molar refractivity (Wildman–Crippen MR) is 57.5 cm³/mol. The number of hydrogen-bond acceptors (Lipinski definition) is 4. The second kappa shape index (κ2) is 3.92. The largest absolute Gasteiger partial charge is 0.383 e. The maximum atomic E-state index is 5.72. The molecule has 4 N–H and O–H groups in total. The van der Waals surface area contributed by atoms with E-state index in [1.165, 1.54) is 0 Å². The Morgan fingerprint density at radius 3 is 2.43 bits per heavy atom. The highest BCUT2D eigenvalue weighted by molar-refractivity contribution is 5.37. The van der Waals surface area contributed by atoms with Crippen LogP contribution in [0.5, 0.6) is 0 Å². The van der Waals surface area contributed by atoms with E-state index in [4.69, 9.17) is 11.5 Å². The van der Waals surface area contributed by atoms with Gasteiger partial charge in [0, 0.05) is 24.7 Å².